The molecule has 1 aromatic carbocycles. The van der Waals surface area contributed by atoms with E-state index in [4.69, 9.17) is 10.00 Å². The van der Waals surface area contributed by atoms with Crippen molar-refractivity contribution < 1.29 is 17.9 Å². The van der Waals surface area contributed by atoms with Crippen LogP contribution in [0, 0.1) is 11.3 Å². The number of piperidine rings is 1. The Hall–Kier alpha value is -3.87. The Balaban J connectivity index is 1.52. The summed E-state index contributed by atoms with van der Waals surface area (Å²) in [5, 5.41) is 9.05. The fourth-order valence-electron chi connectivity index (χ4n) is 4.15. The van der Waals surface area contributed by atoms with Crippen LogP contribution < -0.4 is 15.2 Å². The van der Waals surface area contributed by atoms with Crippen molar-refractivity contribution in [2.45, 2.75) is 44.9 Å². The van der Waals surface area contributed by atoms with E-state index in [1.54, 1.807) is 6.07 Å². The van der Waals surface area contributed by atoms with Crippen LogP contribution in [0.2, 0.25) is 0 Å². The van der Waals surface area contributed by atoms with Crippen molar-refractivity contribution in [1.82, 2.24) is 15.0 Å². The lowest BCUT2D eigenvalue weighted by Gasteiger charge is -2.32. The van der Waals surface area contributed by atoms with E-state index in [0.29, 0.717) is 31.9 Å². The van der Waals surface area contributed by atoms with E-state index in [1.807, 2.05) is 12.4 Å². The van der Waals surface area contributed by atoms with Crippen molar-refractivity contribution in [1.29, 1.82) is 5.26 Å². The maximum Gasteiger partial charge on any atom is 0.417 e. The second-order valence-electron chi connectivity index (χ2n) is 8.36. The number of ether oxygens (including phenoxy) is 1. The first-order chi connectivity index (χ1) is 16.8. The minimum atomic E-state index is -4.73. The second kappa shape index (κ2) is 10.2. The molecular formula is C25H24F3N5O2. The Morgan fingerprint density at radius 2 is 1.91 bits per heavy atom. The molecule has 1 fully saturated rings. The molecule has 3 heterocycles. The highest BCUT2D eigenvalue weighted by Gasteiger charge is 2.34. The largest absolute Gasteiger partial charge is 0.489 e. The number of pyridine rings is 1. The highest BCUT2D eigenvalue weighted by molar-refractivity contribution is 5.71. The van der Waals surface area contributed by atoms with Gasteiger partial charge in [0.05, 0.1) is 22.8 Å². The van der Waals surface area contributed by atoms with Gasteiger partial charge < -0.3 is 14.6 Å². The van der Waals surface area contributed by atoms with Gasteiger partial charge in [-0.25, -0.2) is 9.97 Å². The monoisotopic (exact) mass is 483 g/mol. The van der Waals surface area contributed by atoms with Crippen LogP contribution in [-0.2, 0) is 12.6 Å². The van der Waals surface area contributed by atoms with Gasteiger partial charge in [0.2, 0.25) is 5.95 Å². The molecule has 0 unspecified atom stereocenters. The summed E-state index contributed by atoms with van der Waals surface area (Å²) in [4.78, 5) is 26.1. The molecule has 182 valence electrons. The molecule has 0 atom stereocenters. The van der Waals surface area contributed by atoms with E-state index >= 15 is 0 Å². The maximum atomic E-state index is 13.5. The first-order valence-corrected chi connectivity index (χ1v) is 11.4. The van der Waals surface area contributed by atoms with Crippen molar-refractivity contribution in [2.24, 2.45) is 0 Å². The summed E-state index contributed by atoms with van der Waals surface area (Å²) in [6.07, 6.45) is 3.33. The molecule has 1 aliphatic rings. The molecule has 0 radical (unpaired) electrons. The number of aryl methyl sites for hydroxylation is 1. The number of H-pyrrole nitrogens is 1. The van der Waals surface area contributed by atoms with Gasteiger partial charge in [-0.1, -0.05) is 19.4 Å². The number of nitrogens with zero attached hydrogens (tertiary/aromatic N) is 4. The normalized spacial score (nSPS) is 14.5. The lowest BCUT2D eigenvalue weighted by Crippen LogP contribution is -2.39. The van der Waals surface area contributed by atoms with Gasteiger partial charge in [0.1, 0.15) is 11.9 Å². The van der Waals surface area contributed by atoms with Crippen LogP contribution in [0.5, 0.6) is 5.75 Å². The molecule has 0 saturated carbocycles. The van der Waals surface area contributed by atoms with Gasteiger partial charge in [-0.2, -0.15) is 18.4 Å². The smallest absolute Gasteiger partial charge is 0.417 e. The summed E-state index contributed by atoms with van der Waals surface area (Å²) in [5.41, 5.74) is -1.05. The summed E-state index contributed by atoms with van der Waals surface area (Å²) in [6.45, 7) is 3.39. The zero-order valence-electron chi connectivity index (χ0n) is 19.1. The van der Waals surface area contributed by atoms with Crippen LogP contribution in [0.1, 0.15) is 42.9 Å². The Morgan fingerprint density at radius 1 is 1.20 bits per heavy atom. The summed E-state index contributed by atoms with van der Waals surface area (Å²) in [5.74, 6) is 0.850. The molecule has 1 N–H and O–H groups in total. The quantitative estimate of drug-likeness (QED) is 0.545. The highest BCUT2D eigenvalue weighted by atomic mass is 19.4. The Bertz CT molecular complexity index is 1270. The van der Waals surface area contributed by atoms with Crippen LogP contribution in [0.25, 0.3) is 11.1 Å². The third-order valence-corrected chi connectivity index (χ3v) is 5.91. The number of alkyl halides is 3. The number of anilines is 1. The topological polar surface area (TPSA) is 94.9 Å². The van der Waals surface area contributed by atoms with Crippen LogP contribution in [0.15, 0.2) is 47.7 Å². The molecular weight excluding hydrogens is 459 g/mol. The van der Waals surface area contributed by atoms with E-state index < -0.39 is 22.9 Å². The minimum Gasteiger partial charge on any atom is -0.489 e. The number of nitriles is 1. The summed E-state index contributed by atoms with van der Waals surface area (Å²) < 4.78 is 46.5. The van der Waals surface area contributed by atoms with Crippen LogP contribution >= 0.6 is 0 Å². The number of halogens is 3. The molecule has 2 aromatic heterocycles. The van der Waals surface area contributed by atoms with Gasteiger partial charge >= 0.3 is 6.18 Å². The average Bonchev–Trinajstić information content (AvgIpc) is 2.84. The molecule has 4 rings (SSSR count). The van der Waals surface area contributed by atoms with E-state index in [2.05, 4.69) is 26.8 Å². The molecule has 0 aliphatic carbocycles. The Kier molecular flexibility index (Phi) is 7.05. The van der Waals surface area contributed by atoms with Gasteiger partial charge in [-0.15, -0.1) is 0 Å². The summed E-state index contributed by atoms with van der Waals surface area (Å²) in [7, 11) is 0. The van der Waals surface area contributed by atoms with Gasteiger partial charge in [-0.3, -0.25) is 4.79 Å². The van der Waals surface area contributed by atoms with Crippen molar-refractivity contribution in [2.75, 3.05) is 18.0 Å². The molecule has 1 aliphatic heterocycles. The molecule has 35 heavy (non-hydrogen) atoms. The Labute approximate surface area is 200 Å². The van der Waals surface area contributed by atoms with E-state index in [1.165, 1.54) is 18.3 Å². The van der Waals surface area contributed by atoms with E-state index in [9.17, 15) is 18.0 Å². The molecule has 3 aromatic rings. The first-order valence-electron chi connectivity index (χ1n) is 11.4. The summed E-state index contributed by atoms with van der Waals surface area (Å²) in [6, 6.07) is 6.29. The second-order valence-corrected chi connectivity index (χ2v) is 8.36. The van der Waals surface area contributed by atoms with Crippen molar-refractivity contribution in [3.05, 3.63) is 69.9 Å². The standard InChI is InChI=1S/C25H24F3N5O2/c1-2-3-16-14-31-24(32-15-16)33-10-7-19(8-11-33)35-21-6-9-30-23(34)22(21)17-4-5-18(13-29)20(12-17)25(26,27)28/h4-6,9,12,14-15,19H,2-3,7-8,10-11H2,1H3,(H,30,34). The number of benzene rings is 1. The minimum absolute atomic E-state index is 0.000217. The molecule has 10 heteroatoms. The van der Waals surface area contributed by atoms with Gasteiger partial charge in [0.25, 0.3) is 5.56 Å². The van der Waals surface area contributed by atoms with Crippen LogP contribution in [0.3, 0.4) is 0 Å². The lowest BCUT2D eigenvalue weighted by atomic mass is 9.99. The zero-order chi connectivity index (χ0) is 25.0. The number of hydrogen-bond donors (Lipinski definition) is 1. The number of rotatable bonds is 6. The maximum absolute atomic E-state index is 13.5. The third-order valence-electron chi connectivity index (χ3n) is 5.91. The first kappa shape index (κ1) is 24.3. The molecule has 1 saturated heterocycles. The van der Waals surface area contributed by atoms with E-state index in [0.717, 1.165) is 30.5 Å². The predicted octanol–water partition coefficient (Wildman–Crippen LogP) is 4.72. The summed E-state index contributed by atoms with van der Waals surface area (Å²) >= 11 is 0. The Morgan fingerprint density at radius 3 is 2.54 bits per heavy atom. The molecule has 0 amide bonds. The zero-order valence-corrected chi connectivity index (χ0v) is 19.1. The molecule has 0 spiro atoms. The van der Waals surface area contributed by atoms with Gasteiger partial charge in [-0.05, 0) is 35.7 Å². The number of aromatic nitrogens is 3. The highest BCUT2D eigenvalue weighted by Crippen LogP contribution is 2.36. The van der Waals surface area contributed by atoms with Crippen LogP contribution in [-0.4, -0.2) is 34.1 Å². The number of hydrogen-bond acceptors (Lipinski definition) is 6. The lowest BCUT2D eigenvalue weighted by molar-refractivity contribution is -0.137. The number of nitrogens with one attached hydrogen (secondary N) is 1. The van der Waals surface area contributed by atoms with Gasteiger partial charge in [0.15, 0.2) is 0 Å². The van der Waals surface area contributed by atoms with Crippen molar-refractivity contribution >= 4 is 5.95 Å². The molecule has 0 bridgehead atoms. The SMILES string of the molecule is CCCc1cnc(N2CCC(Oc3cc[nH]c(=O)c3-c3ccc(C#N)c(C(F)(F)F)c3)CC2)nc1. The fourth-order valence-corrected chi connectivity index (χ4v) is 4.15. The fraction of sp³-hybridized carbons (Fsp3) is 0.360. The predicted molar refractivity (Wildman–Crippen MR) is 124 cm³/mol. The molecule has 7 nitrogen and oxygen atoms in total. The number of aromatic amines is 1. The third kappa shape index (κ3) is 5.45. The van der Waals surface area contributed by atoms with E-state index in [-0.39, 0.29) is 23.0 Å². The van der Waals surface area contributed by atoms with Gasteiger partial charge in [0, 0.05) is 44.5 Å². The van der Waals surface area contributed by atoms with Crippen molar-refractivity contribution in [3.63, 3.8) is 0 Å². The van der Waals surface area contributed by atoms with Crippen molar-refractivity contribution in [3.8, 4) is 22.9 Å². The van der Waals surface area contributed by atoms with Crippen LogP contribution in [0.4, 0.5) is 19.1 Å². The average molecular weight is 483 g/mol.